The molecule has 0 saturated heterocycles. The van der Waals surface area contributed by atoms with Crippen LogP contribution in [0, 0.1) is 20.8 Å². The lowest BCUT2D eigenvalue weighted by Crippen LogP contribution is -2.10. The van der Waals surface area contributed by atoms with Crippen LogP contribution in [-0.2, 0) is 6.61 Å². The minimum Gasteiger partial charge on any atom is -0.488 e. The van der Waals surface area contributed by atoms with Gasteiger partial charge >= 0.3 is 0 Å². The van der Waals surface area contributed by atoms with Gasteiger partial charge in [-0.1, -0.05) is 71.3 Å². The van der Waals surface area contributed by atoms with Gasteiger partial charge < -0.3 is 4.74 Å². The molecule has 0 bridgehead atoms. The van der Waals surface area contributed by atoms with Crippen molar-refractivity contribution in [3.05, 3.63) is 95.1 Å². The van der Waals surface area contributed by atoms with Crippen molar-refractivity contribution < 1.29 is 4.74 Å². The summed E-state index contributed by atoms with van der Waals surface area (Å²) in [6, 6.07) is 25.8. The quantitative estimate of drug-likeness (QED) is 0.379. The van der Waals surface area contributed by atoms with E-state index >= 15 is 0 Å². The van der Waals surface area contributed by atoms with Crippen molar-refractivity contribution >= 4 is 0 Å². The number of benzene rings is 3. The van der Waals surface area contributed by atoms with E-state index in [-0.39, 0.29) is 0 Å². The Morgan fingerprint density at radius 1 is 0.655 bits per heavy atom. The van der Waals surface area contributed by atoms with Crippen LogP contribution in [0.25, 0.3) is 33.6 Å². The molecule has 5 rings (SSSR count). The normalized spacial score (nSPS) is 12.1. The molecule has 2 nitrogen and oxygen atoms in total. The fourth-order valence-corrected chi connectivity index (χ4v) is 3.91. The second-order valence-electron chi connectivity index (χ2n) is 7.90. The molecular formula is C27H23NO. The molecule has 0 radical (unpaired) electrons. The maximum Gasteiger partial charge on any atom is 0.129 e. The molecule has 1 aliphatic rings. The van der Waals surface area contributed by atoms with Crippen molar-refractivity contribution in [1.82, 2.24) is 4.98 Å². The number of aryl methyl sites for hydroxylation is 3. The molecule has 0 N–H and O–H groups in total. The molecule has 0 saturated carbocycles. The van der Waals surface area contributed by atoms with E-state index in [1.165, 1.54) is 27.8 Å². The number of rotatable bonds is 2. The minimum absolute atomic E-state index is 0.537. The number of ether oxygens (including phenoxy) is 1. The molecule has 142 valence electrons. The van der Waals surface area contributed by atoms with Gasteiger partial charge in [-0.25, -0.2) is 4.98 Å². The SMILES string of the molecule is Cc1ccc(-c2cc(-c3ccc(C)cc3)c3c(n2)-c2cc(C)ccc2OC3)cc1. The van der Waals surface area contributed by atoms with Gasteiger partial charge in [0.05, 0.1) is 11.4 Å². The smallest absolute Gasteiger partial charge is 0.129 e. The summed E-state index contributed by atoms with van der Waals surface area (Å²) in [5.41, 5.74) is 11.5. The molecule has 1 aliphatic heterocycles. The first-order chi connectivity index (χ1) is 14.1. The second-order valence-corrected chi connectivity index (χ2v) is 7.90. The van der Waals surface area contributed by atoms with Crippen molar-refractivity contribution in [1.29, 1.82) is 0 Å². The molecule has 0 unspecified atom stereocenters. The Labute approximate surface area is 171 Å². The minimum atomic E-state index is 0.537. The number of fused-ring (bicyclic) bond motifs is 3. The van der Waals surface area contributed by atoms with Crippen molar-refractivity contribution in [2.45, 2.75) is 27.4 Å². The first-order valence-electron chi connectivity index (χ1n) is 10.0. The molecule has 29 heavy (non-hydrogen) atoms. The molecule has 0 fully saturated rings. The van der Waals surface area contributed by atoms with Gasteiger partial charge in [0.1, 0.15) is 12.4 Å². The Morgan fingerprint density at radius 3 is 1.97 bits per heavy atom. The standard InChI is InChI=1S/C27H23NO/c1-17-4-9-20(10-5-17)22-15-25(21-11-6-18(2)7-12-21)28-27-23-14-19(3)8-13-26(23)29-16-24(22)27/h4-15H,16H2,1-3H3. The third-order valence-electron chi connectivity index (χ3n) is 5.60. The lowest BCUT2D eigenvalue weighted by atomic mass is 9.91. The van der Waals surface area contributed by atoms with Crippen LogP contribution < -0.4 is 4.74 Å². The Balaban J connectivity index is 1.79. The van der Waals surface area contributed by atoms with Crippen molar-refractivity contribution in [3.8, 4) is 39.4 Å². The third-order valence-corrected chi connectivity index (χ3v) is 5.60. The number of pyridine rings is 1. The zero-order valence-corrected chi connectivity index (χ0v) is 17.0. The van der Waals surface area contributed by atoms with Gasteiger partial charge in [-0.2, -0.15) is 0 Å². The van der Waals surface area contributed by atoms with Crippen LogP contribution in [0.5, 0.6) is 5.75 Å². The van der Waals surface area contributed by atoms with Crippen LogP contribution in [0.15, 0.2) is 72.8 Å². The molecule has 4 aromatic rings. The molecule has 0 aliphatic carbocycles. The van der Waals surface area contributed by atoms with Gasteiger partial charge in [0.25, 0.3) is 0 Å². The Hall–Kier alpha value is -3.39. The summed E-state index contributed by atoms with van der Waals surface area (Å²) in [5.74, 6) is 0.909. The molecule has 0 spiro atoms. The predicted octanol–water partition coefficient (Wildman–Crippen LogP) is 6.90. The van der Waals surface area contributed by atoms with Crippen LogP contribution in [-0.4, -0.2) is 4.98 Å². The number of hydrogen-bond acceptors (Lipinski definition) is 2. The van der Waals surface area contributed by atoms with Crippen molar-refractivity contribution in [3.63, 3.8) is 0 Å². The average Bonchev–Trinajstić information content (AvgIpc) is 2.74. The predicted molar refractivity (Wildman–Crippen MR) is 119 cm³/mol. The summed E-state index contributed by atoms with van der Waals surface area (Å²) in [6.07, 6.45) is 0. The first-order valence-corrected chi connectivity index (χ1v) is 10.0. The first kappa shape index (κ1) is 17.7. The summed E-state index contributed by atoms with van der Waals surface area (Å²) >= 11 is 0. The molecule has 3 aromatic carbocycles. The zero-order chi connectivity index (χ0) is 20.0. The lowest BCUT2D eigenvalue weighted by molar-refractivity contribution is 0.302. The van der Waals surface area contributed by atoms with Crippen molar-refractivity contribution in [2.24, 2.45) is 0 Å². The van der Waals surface area contributed by atoms with Gasteiger partial charge in [-0.05, 0) is 50.1 Å². The molecule has 0 atom stereocenters. The molecule has 0 amide bonds. The van der Waals surface area contributed by atoms with Gasteiger partial charge in [-0.3, -0.25) is 0 Å². The topological polar surface area (TPSA) is 22.1 Å². The molecule has 2 heteroatoms. The van der Waals surface area contributed by atoms with Gasteiger partial charge in [0.2, 0.25) is 0 Å². The van der Waals surface area contributed by atoms with Gasteiger partial charge in [-0.15, -0.1) is 0 Å². The largest absolute Gasteiger partial charge is 0.488 e. The maximum atomic E-state index is 6.11. The maximum absolute atomic E-state index is 6.11. The monoisotopic (exact) mass is 377 g/mol. The number of aromatic nitrogens is 1. The van der Waals surface area contributed by atoms with Crippen molar-refractivity contribution in [2.75, 3.05) is 0 Å². The Kier molecular flexibility index (Phi) is 4.21. The van der Waals surface area contributed by atoms with Crippen LogP contribution in [0.2, 0.25) is 0 Å². The van der Waals surface area contributed by atoms with E-state index in [0.717, 1.165) is 33.8 Å². The fraction of sp³-hybridized carbons (Fsp3) is 0.148. The van der Waals surface area contributed by atoms with Crippen LogP contribution >= 0.6 is 0 Å². The van der Waals surface area contributed by atoms with E-state index in [4.69, 9.17) is 9.72 Å². The van der Waals surface area contributed by atoms with E-state index in [9.17, 15) is 0 Å². The van der Waals surface area contributed by atoms with Gasteiger partial charge in [0.15, 0.2) is 0 Å². The Bertz CT molecular complexity index is 1200. The highest BCUT2D eigenvalue weighted by Crippen LogP contribution is 2.42. The fourth-order valence-electron chi connectivity index (χ4n) is 3.91. The zero-order valence-electron chi connectivity index (χ0n) is 17.0. The number of hydrogen-bond donors (Lipinski definition) is 0. The molecule has 1 aromatic heterocycles. The summed E-state index contributed by atoms with van der Waals surface area (Å²) in [5, 5.41) is 0. The molecular weight excluding hydrogens is 354 g/mol. The second kappa shape index (κ2) is 6.89. The van der Waals surface area contributed by atoms with E-state index in [1.807, 2.05) is 0 Å². The van der Waals surface area contributed by atoms with Gasteiger partial charge in [0, 0.05) is 16.7 Å². The lowest BCUT2D eigenvalue weighted by Gasteiger charge is -2.24. The highest BCUT2D eigenvalue weighted by Gasteiger charge is 2.23. The van der Waals surface area contributed by atoms with Crippen LogP contribution in [0.1, 0.15) is 22.3 Å². The Morgan fingerprint density at radius 2 is 1.28 bits per heavy atom. The third kappa shape index (κ3) is 3.21. The van der Waals surface area contributed by atoms with E-state index in [2.05, 4.69) is 93.6 Å². The summed E-state index contributed by atoms with van der Waals surface area (Å²) < 4.78 is 6.11. The summed E-state index contributed by atoms with van der Waals surface area (Å²) in [7, 11) is 0. The highest BCUT2D eigenvalue weighted by molar-refractivity contribution is 5.84. The summed E-state index contributed by atoms with van der Waals surface area (Å²) in [4.78, 5) is 5.12. The van der Waals surface area contributed by atoms with E-state index in [1.54, 1.807) is 0 Å². The molecule has 2 heterocycles. The average molecular weight is 377 g/mol. The highest BCUT2D eigenvalue weighted by atomic mass is 16.5. The van der Waals surface area contributed by atoms with Crippen LogP contribution in [0.3, 0.4) is 0 Å². The van der Waals surface area contributed by atoms with E-state index in [0.29, 0.717) is 6.61 Å². The summed E-state index contributed by atoms with van der Waals surface area (Å²) in [6.45, 7) is 6.87. The number of nitrogens with zero attached hydrogens (tertiary/aromatic N) is 1. The van der Waals surface area contributed by atoms with E-state index < -0.39 is 0 Å². The van der Waals surface area contributed by atoms with Crippen LogP contribution in [0.4, 0.5) is 0 Å².